The molecule has 0 bridgehead atoms. The summed E-state index contributed by atoms with van der Waals surface area (Å²) >= 11 is 0. The summed E-state index contributed by atoms with van der Waals surface area (Å²) in [6.45, 7) is 5.57. The van der Waals surface area contributed by atoms with Gasteiger partial charge in [0.25, 0.3) is 0 Å². The topological polar surface area (TPSA) is 87.7 Å². The smallest absolute Gasteiger partial charge is 0.338 e. The van der Waals surface area contributed by atoms with Gasteiger partial charge in [0.15, 0.2) is 0 Å². The Morgan fingerprint density at radius 1 is 1.27 bits per heavy atom. The molecule has 1 heterocycles. The van der Waals surface area contributed by atoms with Crippen LogP contribution in [0.15, 0.2) is 18.2 Å². The van der Waals surface area contributed by atoms with Gasteiger partial charge in [0.1, 0.15) is 0 Å². The molecule has 0 amide bonds. The summed E-state index contributed by atoms with van der Waals surface area (Å²) in [4.78, 5) is 11.8. The SMILES string of the molecule is CCNc1ccc(C(=O)OCC)cc1NS(=O)(=O)N1CCC1. The lowest BCUT2D eigenvalue weighted by Crippen LogP contribution is -2.45. The van der Waals surface area contributed by atoms with Gasteiger partial charge in [-0.1, -0.05) is 0 Å². The van der Waals surface area contributed by atoms with Gasteiger partial charge in [0, 0.05) is 19.6 Å². The number of nitrogens with zero attached hydrogens (tertiary/aromatic N) is 1. The standard InChI is InChI=1S/C14H21N3O4S/c1-3-15-12-7-6-11(14(18)21-4-2)10-13(12)16-22(19,20)17-8-5-9-17/h6-7,10,15-16H,3-5,8-9H2,1-2H3. The van der Waals surface area contributed by atoms with Crippen LogP contribution in [0.3, 0.4) is 0 Å². The minimum absolute atomic E-state index is 0.267. The van der Waals surface area contributed by atoms with E-state index in [0.29, 0.717) is 36.6 Å². The predicted octanol–water partition coefficient (Wildman–Crippen LogP) is 1.66. The zero-order valence-electron chi connectivity index (χ0n) is 12.8. The molecule has 0 radical (unpaired) electrons. The first kappa shape index (κ1) is 16.6. The van der Waals surface area contributed by atoms with E-state index in [9.17, 15) is 13.2 Å². The number of benzene rings is 1. The second-order valence-corrected chi connectivity index (χ2v) is 6.54. The van der Waals surface area contributed by atoms with E-state index in [2.05, 4.69) is 10.0 Å². The average Bonchev–Trinajstić information content (AvgIpc) is 2.38. The summed E-state index contributed by atoms with van der Waals surface area (Å²) in [7, 11) is -3.58. The summed E-state index contributed by atoms with van der Waals surface area (Å²) < 4.78 is 33.3. The maximum atomic E-state index is 12.2. The molecule has 1 aromatic carbocycles. The highest BCUT2D eigenvalue weighted by Gasteiger charge is 2.28. The monoisotopic (exact) mass is 327 g/mol. The molecule has 8 heteroatoms. The van der Waals surface area contributed by atoms with Crippen molar-refractivity contribution in [3.05, 3.63) is 23.8 Å². The van der Waals surface area contributed by atoms with E-state index in [0.717, 1.165) is 6.42 Å². The van der Waals surface area contributed by atoms with Crippen molar-refractivity contribution in [2.24, 2.45) is 0 Å². The number of rotatable bonds is 7. The molecule has 7 nitrogen and oxygen atoms in total. The highest BCUT2D eigenvalue weighted by Crippen LogP contribution is 2.26. The van der Waals surface area contributed by atoms with Crippen LogP contribution in [0, 0.1) is 0 Å². The van der Waals surface area contributed by atoms with Gasteiger partial charge >= 0.3 is 16.2 Å². The molecule has 0 saturated carbocycles. The van der Waals surface area contributed by atoms with E-state index in [1.54, 1.807) is 19.1 Å². The number of esters is 1. The predicted molar refractivity (Wildman–Crippen MR) is 85.3 cm³/mol. The van der Waals surface area contributed by atoms with Crippen LogP contribution in [0.1, 0.15) is 30.6 Å². The van der Waals surface area contributed by atoms with Crippen molar-refractivity contribution >= 4 is 27.6 Å². The lowest BCUT2D eigenvalue weighted by molar-refractivity contribution is 0.0526. The molecule has 1 aliphatic rings. The molecule has 2 N–H and O–H groups in total. The summed E-state index contributed by atoms with van der Waals surface area (Å²) in [6, 6.07) is 4.77. The molecule has 0 spiro atoms. The van der Waals surface area contributed by atoms with E-state index in [1.807, 2.05) is 6.92 Å². The lowest BCUT2D eigenvalue weighted by atomic mass is 10.1. The molecule has 2 rings (SSSR count). The van der Waals surface area contributed by atoms with Gasteiger partial charge in [0.05, 0.1) is 23.5 Å². The number of ether oxygens (including phenoxy) is 1. The van der Waals surface area contributed by atoms with Crippen LogP contribution < -0.4 is 10.0 Å². The fourth-order valence-electron chi connectivity index (χ4n) is 2.05. The molecule has 22 heavy (non-hydrogen) atoms. The number of nitrogens with one attached hydrogen (secondary N) is 2. The molecule has 1 aromatic rings. The Labute approximate surface area is 130 Å². The molecule has 1 aliphatic heterocycles. The summed E-state index contributed by atoms with van der Waals surface area (Å²) in [5.74, 6) is -0.477. The van der Waals surface area contributed by atoms with Gasteiger partial charge in [-0.05, 0) is 38.5 Å². The Morgan fingerprint density at radius 2 is 2.00 bits per heavy atom. The molecule has 0 aromatic heterocycles. The fraction of sp³-hybridized carbons (Fsp3) is 0.500. The third-order valence-corrected chi connectivity index (χ3v) is 4.81. The zero-order chi connectivity index (χ0) is 16.2. The van der Waals surface area contributed by atoms with Crippen LogP contribution in [0.25, 0.3) is 0 Å². The first-order valence-electron chi connectivity index (χ1n) is 7.31. The first-order chi connectivity index (χ1) is 10.5. The first-order valence-corrected chi connectivity index (χ1v) is 8.75. The number of carbonyl (C=O) groups is 1. The molecular formula is C14H21N3O4S. The molecule has 1 fully saturated rings. The van der Waals surface area contributed by atoms with Crippen molar-refractivity contribution < 1.29 is 17.9 Å². The zero-order valence-corrected chi connectivity index (χ0v) is 13.6. The van der Waals surface area contributed by atoms with Crippen molar-refractivity contribution in [1.82, 2.24) is 4.31 Å². The highest BCUT2D eigenvalue weighted by atomic mass is 32.2. The van der Waals surface area contributed by atoms with Gasteiger partial charge in [-0.3, -0.25) is 4.72 Å². The molecule has 0 aliphatic carbocycles. The van der Waals surface area contributed by atoms with Crippen molar-refractivity contribution in [2.75, 3.05) is 36.3 Å². The Balaban J connectivity index is 2.29. The average molecular weight is 327 g/mol. The maximum absolute atomic E-state index is 12.2. The minimum atomic E-state index is -3.58. The third-order valence-electron chi connectivity index (χ3n) is 3.29. The van der Waals surface area contributed by atoms with E-state index in [4.69, 9.17) is 4.74 Å². The third kappa shape index (κ3) is 3.69. The van der Waals surface area contributed by atoms with Crippen molar-refractivity contribution in [3.63, 3.8) is 0 Å². The van der Waals surface area contributed by atoms with Crippen LogP contribution in [-0.4, -0.2) is 44.9 Å². The Morgan fingerprint density at radius 3 is 2.55 bits per heavy atom. The maximum Gasteiger partial charge on any atom is 0.338 e. The Hall–Kier alpha value is -1.80. The lowest BCUT2D eigenvalue weighted by Gasteiger charge is -2.30. The summed E-state index contributed by atoms with van der Waals surface area (Å²) in [6.07, 6.45) is 0.865. The van der Waals surface area contributed by atoms with Gasteiger partial charge in [-0.2, -0.15) is 12.7 Å². The van der Waals surface area contributed by atoms with Crippen LogP contribution in [0.5, 0.6) is 0 Å². The van der Waals surface area contributed by atoms with Crippen molar-refractivity contribution in [2.45, 2.75) is 20.3 Å². The molecule has 122 valence electrons. The van der Waals surface area contributed by atoms with Crippen LogP contribution >= 0.6 is 0 Å². The molecular weight excluding hydrogens is 306 g/mol. The van der Waals surface area contributed by atoms with Crippen LogP contribution in [0.4, 0.5) is 11.4 Å². The second kappa shape index (κ2) is 6.97. The van der Waals surface area contributed by atoms with Gasteiger partial charge in [-0.15, -0.1) is 0 Å². The van der Waals surface area contributed by atoms with Crippen molar-refractivity contribution in [3.8, 4) is 0 Å². The van der Waals surface area contributed by atoms with E-state index < -0.39 is 16.2 Å². The van der Waals surface area contributed by atoms with Gasteiger partial charge < -0.3 is 10.1 Å². The normalized spacial score (nSPS) is 15.0. The Bertz CT molecular complexity index is 641. The molecule has 1 saturated heterocycles. The number of hydrogen-bond acceptors (Lipinski definition) is 5. The van der Waals surface area contributed by atoms with Crippen LogP contribution in [-0.2, 0) is 14.9 Å². The fourth-order valence-corrected chi connectivity index (χ4v) is 3.36. The van der Waals surface area contributed by atoms with E-state index in [-0.39, 0.29) is 6.61 Å². The van der Waals surface area contributed by atoms with E-state index in [1.165, 1.54) is 10.4 Å². The highest BCUT2D eigenvalue weighted by molar-refractivity contribution is 7.90. The summed E-state index contributed by atoms with van der Waals surface area (Å²) in [5.41, 5.74) is 1.28. The van der Waals surface area contributed by atoms with Gasteiger partial charge in [0.2, 0.25) is 0 Å². The largest absolute Gasteiger partial charge is 0.462 e. The minimum Gasteiger partial charge on any atom is -0.462 e. The molecule has 0 atom stereocenters. The van der Waals surface area contributed by atoms with Gasteiger partial charge in [-0.25, -0.2) is 4.79 Å². The van der Waals surface area contributed by atoms with E-state index >= 15 is 0 Å². The molecule has 0 unspecified atom stereocenters. The Kier molecular flexibility index (Phi) is 5.25. The van der Waals surface area contributed by atoms with Crippen LogP contribution in [0.2, 0.25) is 0 Å². The quantitative estimate of drug-likeness (QED) is 0.744. The number of anilines is 2. The summed E-state index contributed by atoms with van der Waals surface area (Å²) in [5, 5.41) is 3.07. The van der Waals surface area contributed by atoms with Crippen molar-refractivity contribution in [1.29, 1.82) is 0 Å². The number of hydrogen-bond donors (Lipinski definition) is 2. The second-order valence-electron chi connectivity index (χ2n) is 4.87. The number of carbonyl (C=O) groups excluding carboxylic acids is 1.